The van der Waals surface area contributed by atoms with Crippen LogP contribution in [0.25, 0.3) is 0 Å². The van der Waals surface area contributed by atoms with Crippen LogP contribution in [-0.2, 0) is 0 Å². The van der Waals surface area contributed by atoms with E-state index in [9.17, 15) is 19.7 Å². The lowest BCUT2D eigenvalue weighted by molar-refractivity contribution is -0.908. The van der Waals surface area contributed by atoms with Gasteiger partial charge in [-0.15, -0.1) is 0 Å². The molecule has 1 aromatic carbocycles. The van der Waals surface area contributed by atoms with Crippen LogP contribution < -0.4 is 4.90 Å². The van der Waals surface area contributed by atoms with Gasteiger partial charge in [0, 0.05) is 6.07 Å². The molecule has 2 aliphatic heterocycles. The normalized spacial score (nSPS) is 19.4. The predicted molar refractivity (Wildman–Crippen MR) is 82.2 cm³/mol. The molecule has 0 radical (unpaired) electrons. The Morgan fingerprint density at radius 2 is 1.70 bits per heavy atom. The summed E-state index contributed by atoms with van der Waals surface area (Å²) in [4.78, 5) is 37.9. The van der Waals surface area contributed by atoms with Gasteiger partial charge in [0.2, 0.25) is 0 Å². The van der Waals surface area contributed by atoms with Crippen molar-refractivity contribution in [1.29, 1.82) is 0 Å². The van der Waals surface area contributed by atoms with E-state index >= 15 is 0 Å². The van der Waals surface area contributed by atoms with Crippen molar-refractivity contribution in [3.8, 4) is 0 Å². The van der Waals surface area contributed by atoms with E-state index in [0.717, 1.165) is 25.9 Å². The van der Waals surface area contributed by atoms with Crippen molar-refractivity contribution in [2.75, 3.05) is 19.8 Å². The molecule has 1 aromatic rings. The van der Waals surface area contributed by atoms with Crippen molar-refractivity contribution in [1.82, 2.24) is 4.90 Å². The highest BCUT2D eigenvalue weighted by molar-refractivity contribution is 6.23. The molecule has 2 aliphatic rings. The summed E-state index contributed by atoms with van der Waals surface area (Å²) < 4.78 is 0. The molecule has 1 fully saturated rings. The topological polar surface area (TPSA) is 85.0 Å². The number of nitrogens with zero attached hydrogens (tertiary/aromatic N) is 2. The minimum atomic E-state index is -0.601. The molecule has 1 N–H and O–H groups in total. The zero-order valence-electron chi connectivity index (χ0n) is 12.9. The third kappa shape index (κ3) is 2.96. The monoisotopic (exact) mass is 318 g/mol. The number of benzene rings is 1. The van der Waals surface area contributed by atoms with Crippen molar-refractivity contribution in [3.05, 3.63) is 39.4 Å². The number of nitrogens with one attached hydrogen (secondary N) is 1. The largest absolute Gasteiger partial charge is 0.317 e. The summed E-state index contributed by atoms with van der Waals surface area (Å²) in [7, 11) is 0. The molecule has 3 rings (SSSR count). The fourth-order valence-corrected chi connectivity index (χ4v) is 3.40. The summed E-state index contributed by atoms with van der Waals surface area (Å²) in [6.07, 6.45) is 5.76. The Bertz CT molecular complexity index is 651. The SMILES string of the molecule is O=C1c2cccc([N+](=O)[O-])c2C(=O)N1C[NH+]1CCCCCCC1. The molecule has 0 aliphatic carbocycles. The van der Waals surface area contributed by atoms with Crippen LogP contribution in [-0.4, -0.2) is 41.4 Å². The van der Waals surface area contributed by atoms with Gasteiger partial charge in [0.25, 0.3) is 17.5 Å². The van der Waals surface area contributed by atoms with Gasteiger partial charge in [0.15, 0.2) is 6.67 Å². The molecule has 7 nitrogen and oxygen atoms in total. The first-order valence-electron chi connectivity index (χ1n) is 8.07. The highest BCUT2D eigenvalue weighted by Gasteiger charge is 2.42. The molecule has 0 saturated carbocycles. The van der Waals surface area contributed by atoms with Crippen molar-refractivity contribution in [3.63, 3.8) is 0 Å². The van der Waals surface area contributed by atoms with Crippen LogP contribution in [0.2, 0.25) is 0 Å². The number of quaternary nitrogens is 1. The smallest absolute Gasteiger partial charge is 0.282 e. The molecule has 7 heteroatoms. The van der Waals surface area contributed by atoms with Crippen molar-refractivity contribution >= 4 is 17.5 Å². The van der Waals surface area contributed by atoms with Gasteiger partial charge >= 0.3 is 0 Å². The van der Waals surface area contributed by atoms with E-state index in [0.29, 0.717) is 6.67 Å². The van der Waals surface area contributed by atoms with E-state index < -0.39 is 16.7 Å². The van der Waals surface area contributed by atoms with Crippen molar-refractivity contribution < 1.29 is 19.4 Å². The van der Waals surface area contributed by atoms with Gasteiger partial charge in [0.1, 0.15) is 5.56 Å². The number of likely N-dealkylation sites (tertiary alicyclic amines) is 1. The third-order valence-electron chi connectivity index (χ3n) is 4.62. The molecule has 0 aromatic heterocycles. The van der Waals surface area contributed by atoms with Gasteiger partial charge < -0.3 is 4.90 Å². The Kier molecular flexibility index (Phi) is 4.38. The first-order chi connectivity index (χ1) is 11.1. The van der Waals surface area contributed by atoms with E-state index in [1.807, 2.05) is 0 Å². The average molecular weight is 318 g/mol. The van der Waals surface area contributed by atoms with E-state index in [2.05, 4.69) is 0 Å². The van der Waals surface area contributed by atoms with Gasteiger partial charge in [-0.3, -0.25) is 19.7 Å². The summed E-state index contributed by atoms with van der Waals surface area (Å²) in [5.41, 5.74) is -0.199. The summed E-state index contributed by atoms with van der Waals surface area (Å²) in [6.45, 7) is 2.15. The lowest BCUT2D eigenvalue weighted by Gasteiger charge is -2.25. The van der Waals surface area contributed by atoms with Crippen LogP contribution in [0.1, 0.15) is 52.8 Å². The summed E-state index contributed by atoms with van der Waals surface area (Å²) >= 11 is 0. The van der Waals surface area contributed by atoms with Crippen LogP contribution in [0, 0.1) is 10.1 Å². The highest BCUT2D eigenvalue weighted by atomic mass is 16.6. The molecular formula is C16H20N3O4+. The molecule has 122 valence electrons. The lowest BCUT2D eigenvalue weighted by Crippen LogP contribution is -3.13. The van der Waals surface area contributed by atoms with Crippen molar-refractivity contribution in [2.24, 2.45) is 0 Å². The first kappa shape index (κ1) is 15.6. The Balaban J connectivity index is 1.82. The zero-order valence-corrected chi connectivity index (χ0v) is 12.9. The Morgan fingerprint density at radius 3 is 2.35 bits per heavy atom. The van der Waals surface area contributed by atoms with E-state index in [-0.39, 0.29) is 16.8 Å². The van der Waals surface area contributed by atoms with Gasteiger partial charge in [0.05, 0.1) is 23.6 Å². The number of hydrogen-bond donors (Lipinski definition) is 1. The minimum absolute atomic E-state index is 0.0612. The van der Waals surface area contributed by atoms with Gasteiger partial charge in [-0.25, -0.2) is 4.90 Å². The lowest BCUT2D eigenvalue weighted by atomic mass is 10.1. The van der Waals surface area contributed by atoms with E-state index in [1.54, 1.807) is 0 Å². The molecule has 23 heavy (non-hydrogen) atoms. The maximum atomic E-state index is 12.5. The summed E-state index contributed by atoms with van der Waals surface area (Å²) in [5.74, 6) is -0.949. The fraction of sp³-hybridized carbons (Fsp3) is 0.500. The second-order valence-electron chi connectivity index (χ2n) is 6.17. The molecule has 1 saturated heterocycles. The molecule has 0 atom stereocenters. The van der Waals surface area contributed by atoms with E-state index in [1.165, 1.54) is 47.3 Å². The number of amides is 2. The van der Waals surface area contributed by atoms with E-state index in [4.69, 9.17) is 0 Å². The van der Waals surface area contributed by atoms with Crippen LogP contribution in [0.15, 0.2) is 18.2 Å². The quantitative estimate of drug-likeness (QED) is 0.512. The molecule has 0 bridgehead atoms. The number of nitro benzene ring substituents is 1. The van der Waals surface area contributed by atoms with Gasteiger partial charge in [-0.2, -0.15) is 0 Å². The summed E-state index contributed by atoms with van der Waals surface area (Å²) in [6, 6.07) is 4.22. The molecule has 0 spiro atoms. The predicted octanol–water partition coefficient (Wildman–Crippen LogP) is 0.997. The average Bonchev–Trinajstić information content (AvgIpc) is 2.74. The third-order valence-corrected chi connectivity index (χ3v) is 4.62. The first-order valence-corrected chi connectivity index (χ1v) is 8.07. The Labute approximate surface area is 134 Å². The van der Waals surface area contributed by atoms with Crippen LogP contribution >= 0.6 is 0 Å². The van der Waals surface area contributed by atoms with Gasteiger partial charge in [-0.1, -0.05) is 12.5 Å². The molecule has 2 heterocycles. The maximum absolute atomic E-state index is 12.5. The number of hydrogen-bond acceptors (Lipinski definition) is 4. The van der Waals surface area contributed by atoms with Crippen molar-refractivity contribution in [2.45, 2.75) is 32.1 Å². The number of carbonyl (C=O) groups is 2. The standard InChI is InChI=1S/C16H19N3O4/c20-15-12-7-6-8-13(19(22)23)14(12)16(21)18(15)11-17-9-4-2-1-3-5-10-17/h6-8H,1-5,9-11H2/p+1. The summed E-state index contributed by atoms with van der Waals surface area (Å²) in [5, 5.41) is 11.1. The number of imide groups is 1. The Hall–Kier alpha value is -2.28. The minimum Gasteiger partial charge on any atom is -0.317 e. The number of nitro groups is 1. The molecule has 0 unspecified atom stereocenters. The van der Waals surface area contributed by atoms with Gasteiger partial charge in [-0.05, 0) is 31.7 Å². The second kappa shape index (κ2) is 6.45. The number of fused-ring (bicyclic) bond motifs is 1. The van der Waals surface area contributed by atoms with Crippen LogP contribution in [0.4, 0.5) is 5.69 Å². The highest BCUT2D eigenvalue weighted by Crippen LogP contribution is 2.30. The maximum Gasteiger partial charge on any atom is 0.282 e. The zero-order chi connectivity index (χ0) is 16.4. The number of rotatable bonds is 3. The fourth-order valence-electron chi connectivity index (χ4n) is 3.40. The molecular weight excluding hydrogens is 298 g/mol. The van der Waals surface area contributed by atoms with Crippen LogP contribution in [0.3, 0.4) is 0 Å². The molecule has 2 amide bonds. The van der Waals surface area contributed by atoms with Crippen LogP contribution in [0.5, 0.6) is 0 Å². The number of carbonyl (C=O) groups excluding carboxylic acids is 2. The second-order valence-corrected chi connectivity index (χ2v) is 6.17. The Morgan fingerprint density at radius 1 is 1.04 bits per heavy atom.